The molecule has 0 saturated carbocycles. The van der Waals surface area contributed by atoms with Gasteiger partial charge in [-0.2, -0.15) is 0 Å². The fourth-order valence-corrected chi connectivity index (χ4v) is 3.91. The van der Waals surface area contributed by atoms with Crippen molar-refractivity contribution in [1.82, 2.24) is 29.1 Å². The first-order chi connectivity index (χ1) is 16.4. The fourth-order valence-electron chi connectivity index (χ4n) is 3.69. The molecule has 3 N–H and O–H groups in total. The maximum atomic E-state index is 13.6. The molecule has 10 nitrogen and oxygen atoms in total. The van der Waals surface area contributed by atoms with Crippen LogP contribution in [0.15, 0.2) is 52.0 Å². The number of hydrogen-bond donors (Lipinski definition) is 2. The molecule has 0 atom stereocenters. The number of aromatic nitrogens is 6. The lowest BCUT2D eigenvalue weighted by Crippen LogP contribution is -2.24. The number of nitrogens with two attached hydrogens (primary N) is 1. The zero-order chi connectivity index (χ0) is 24.0. The first kappa shape index (κ1) is 21.7. The van der Waals surface area contributed by atoms with Crippen molar-refractivity contribution >= 4 is 23.2 Å². The molecule has 172 valence electrons. The van der Waals surface area contributed by atoms with E-state index in [-0.39, 0.29) is 29.9 Å². The highest BCUT2D eigenvalue weighted by molar-refractivity contribution is 6.29. The molecule has 0 aliphatic rings. The van der Waals surface area contributed by atoms with Crippen LogP contribution >= 0.6 is 11.6 Å². The number of aryl methyl sites for hydroxylation is 1. The van der Waals surface area contributed by atoms with Crippen LogP contribution in [0.3, 0.4) is 0 Å². The van der Waals surface area contributed by atoms with E-state index in [2.05, 4.69) is 20.1 Å². The molecule has 0 amide bonds. The second-order valence-electron chi connectivity index (χ2n) is 7.48. The minimum absolute atomic E-state index is 0.0482. The SMILES string of the molecule is Cc1ocnc1Cn1nc2c(-c3cc(Cl)nc(CO)c3)c(-c3ccc(F)cc3)nc(N)n2c1=O. The van der Waals surface area contributed by atoms with Gasteiger partial charge >= 0.3 is 5.69 Å². The predicted octanol–water partition coefficient (Wildman–Crippen LogP) is 2.83. The Morgan fingerprint density at radius 1 is 1.18 bits per heavy atom. The smallest absolute Gasteiger partial charge is 0.353 e. The molecule has 0 bridgehead atoms. The lowest BCUT2D eigenvalue weighted by Gasteiger charge is -2.13. The van der Waals surface area contributed by atoms with Crippen LogP contribution in [0.1, 0.15) is 17.1 Å². The van der Waals surface area contributed by atoms with Crippen molar-refractivity contribution in [2.75, 3.05) is 5.73 Å². The lowest BCUT2D eigenvalue weighted by molar-refractivity contribution is 0.277. The maximum absolute atomic E-state index is 13.6. The van der Waals surface area contributed by atoms with Crippen LogP contribution in [0.25, 0.3) is 28.0 Å². The Morgan fingerprint density at radius 3 is 2.62 bits per heavy atom. The second-order valence-corrected chi connectivity index (χ2v) is 7.87. The molecular weight excluding hydrogens is 465 g/mol. The van der Waals surface area contributed by atoms with Gasteiger partial charge < -0.3 is 15.3 Å². The highest BCUT2D eigenvalue weighted by Gasteiger charge is 2.23. The number of nitrogens with zero attached hydrogens (tertiary/aromatic N) is 6. The number of rotatable bonds is 5. The molecule has 1 aromatic carbocycles. The van der Waals surface area contributed by atoms with Crippen LogP contribution in [0.4, 0.5) is 10.3 Å². The number of oxazole rings is 1. The van der Waals surface area contributed by atoms with E-state index in [9.17, 15) is 14.3 Å². The standard InChI is InChI=1S/C22H17ClFN7O3/c1-11-16(26-10-34-11)8-30-22(33)31-20(29-30)18(13-6-15(9-32)27-17(23)7-13)19(28-21(31)25)12-2-4-14(24)5-3-12/h2-7,10,32H,8-9H2,1H3,(H2,25,28). The summed E-state index contributed by atoms with van der Waals surface area (Å²) in [6.45, 7) is 1.42. The fraction of sp³-hybridized carbons (Fsp3) is 0.136. The van der Waals surface area contributed by atoms with Gasteiger partial charge in [0.2, 0.25) is 5.95 Å². The van der Waals surface area contributed by atoms with Gasteiger partial charge in [-0.25, -0.2) is 33.2 Å². The van der Waals surface area contributed by atoms with Crippen LogP contribution in [0.5, 0.6) is 0 Å². The highest BCUT2D eigenvalue weighted by Crippen LogP contribution is 2.35. The number of aliphatic hydroxyl groups is 1. The summed E-state index contributed by atoms with van der Waals surface area (Å²) in [4.78, 5) is 25.9. The molecule has 0 radical (unpaired) electrons. The number of anilines is 1. The summed E-state index contributed by atoms with van der Waals surface area (Å²) in [5, 5.41) is 14.3. The van der Waals surface area contributed by atoms with E-state index in [1.54, 1.807) is 31.2 Å². The summed E-state index contributed by atoms with van der Waals surface area (Å²) >= 11 is 6.20. The van der Waals surface area contributed by atoms with Gasteiger partial charge in [0.05, 0.1) is 30.1 Å². The summed E-state index contributed by atoms with van der Waals surface area (Å²) in [7, 11) is 0. The van der Waals surface area contributed by atoms with Gasteiger partial charge in [-0.1, -0.05) is 11.6 Å². The Labute approximate surface area is 196 Å². The topological polar surface area (TPSA) is 137 Å². The van der Waals surface area contributed by atoms with Crippen molar-refractivity contribution in [2.24, 2.45) is 0 Å². The van der Waals surface area contributed by atoms with E-state index in [4.69, 9.17) is 21.8 Å². The quantitative estimate of drug-likeness (QED) is 0.365. The zero-order valence-corrected chi connectivity index (χ0v) is 18.5. The minimum atomic E-state index is -0.531. The molecule has 4 heterocycles. The van der Waals surface area contributed by atoms with E-state index in [1.807, 2.05) is 0 Å². The van der Waals surface area contributed by atoms with Crippen LogP contribution in [-0.4, -0.2) is 34.2 Å². The molecule has 4 aromatic heterocycles. The molecule has 0 fully saturated rings. The second kappa shape index (κ2) is 8.36. The third kappa shape index (κ3) is 3.70. The van der Waals surface area contributed by atoms with Crippen molar-refractivity contribution in [1.29, 1.82) is 0 Å². The monoisotopic (exact) mass is 481 g/mol. The molecule has 12 heteroatoms. The Bertz CT molecular complexity index is 1590. The molecule has 5 aromatic rings. The van der Waals surface area contributed by atoms with E-state index in [1.165, 1.54) is 27.6 Å². The molecular formula is C22H17ClFN7O3. The molecule has 0 aliphatic carbocycles. The van der Waals surface area contributed by atoms with E-state index in [0.717, 1.165) is 0 Å². The van der Waals surface area contributed by atoms with Gasteiger partial charge in [0.1, 0.15) is 22.4 Å². The Kier molecular flexibility index (Phi) is 5.34. The van der Waals surface area contributed by atoms with Crippen molar-refractivity contribution in [3.8, 4) is 22.4 Å². The molecule has 5 rings (SSSR count). The minimum Gasteiger partial charge on any atom is -0.448 e. The molecule has 0 saturated heterocycles. The van der Waals surface area contributed by atoms with Crippen molar-refractivity contribution < 1.29 is 13.9 Å². The molecule has 34 heavy (non-hydrogen) atoms. The number of halogens is 2. The van der Waals surface area contributed by atoms with Gasteiger partial charge in [-0.05, 0) is 48.9 Å². The average Bonchev–Trinajstić information content (AvgIpc) is 3.36. The van der Waals surface area contributed by atoms with Gasteiger partial charge in [0, 0.05) is 5.56 Å². The molecule has 0 spiro atoms. The van der Waals surface area contributed by atoms with E-state index < -0.39 is 11.5 Å². The summed E-state index contributed by atoms with van der Waals surface area (Å²) in [5.41, 5.74) is 8.49. The number of benzene rings is 1. The lowest BCUT2D eigenvalue weighted by atomic mass is 10.00. The van der Waals surface area contributed by atoms with E-state index >= 15 is 0 Å². The van der Waals surface area contributed by atoms with Gasteiger partial charge in [0.25, 0.3) is 0 Å². The van der Waals surface area contributed by atoms with Crippen LogP contribution in [0, 0.1) is 12.7 Å². The predicted molar refractivity (Wildman–Crippen MR) is 122 cm³/mol. The first-order valence-electron chi connectivity index (χ1n) is 10.1. The summed E-state index contributed by atoms with van der Waals surface area (Å²) in [6, 6.07) is 8.83. The van der Waals surface area contributed by atoms with Gasteiger partial charge in [-0.3, -0.25) is 0 Å². The molecule has 0 aliphatic heterocycles. The molecule has 0 unspecified atom stereocenters. The van der Waals surface area contributed by atoms with Crippen molar-refractivity contribution in [3.05, 3.63) is 81.4 Å². The number of nitrogen functional groups attached to an aromatic ring is 1. The van der Waals surface area contributed by atoms with Gasteiger partial charge in [0.15, 0.2) is 12.0 Å². The number of pyridine rings is 1. The number of aliphatic hydroxyl groups excluding tert-OH is 1. The van der Waals surface area contributed by atoms with Crippen LogP contribution in [0.2, 0.25) is 5.15 Å². The number of fused-ring (bicyclic) bond motifs is 1. The normalized spacial score (nSPS) is 11.4. The average molecular weight is 482 g/mol. The first-order valence-corrected chi connectivity index (χ1v) is 10.4. The van der Waals surface area contributed by atoms with Crippen LogP contribution < -0.4 is 11.4 Å². The zero-order valence-electron chi connectivity index (χ0n) is 17.7. The van der Waals surface area contributed by atoms with E-state index in [0.29, 0.717) is 39.5 Å². The van der Waals surface area contributed by atoms with Crippen LogP contribution in [-0.2, 0) is 13.2 Å². The Balaban J connectivity index is 1.84. The Hall–Kier alpha value is -4.09. The third-order valence-corrected chi connectivity index (χ3v) is 5.51. The maximum Gasteiger partial charge on any atom is 0.353 e. The summed E-state index contributed by atoms with van der Waals surface area (Å²) in [6.07, 6.45) is 1.29. The Morgan fingerprint density at radius 2 is 1.94 bits per heavy atom. The van der Waals surface area contributed by atoms with Crippen molar-refractivity contribution in [2.45, 2.75) is 20.1 Å². The largest absolute Gasteiger partial charge is 0.448 e. The van der Waals surface area contributed by atoms with Gasteiger partial charge in [-0.15, -0.1) is 5.10 Å². The highest BCUT2D eigenvalue weighted by atomic mass is 35.5. The third-order valence-electron chi connectivity index (χ3n) is 5.31. The number of hydrogen-bond acceptors (Lipinski definition) is 8. The summed E-state index contributed by atoms with van der Waals surface area (Å²) in [5.74, 6) is 0.0295. The van der Waals surface area contributed by atoms with Crippen molar-refractivity contribution in [3.63, 3.8) is 0 Å². The summed E-state index contributed by atoms with van der Waals surface area (Å²) < 4.78 is 21.2.